The number of aliphatic hydroxyl groups is 1. The highest BCUT2D eigenvalue weighted by molar-refractivity contribution is 5.92. The predicted octanol–water partition coefficient (Wildman–Crippen LogP) is 4.35. The molecule has 3 aromatic carbocycles. The molecule has 0 spiro atoms. The third-order valence-electron chi connectivity index (χ3n) is 4.55. The summed E-state index contributed by atoms with van der Waals surface area (Å²) in [6.45, 7) is 2.13. The van der Waals surface area contributed by atoms with Gasteiger partial charge in [-0.25, -0.2) is 4.79 Å². The SMILES string of the molecule is COC(=O)c1ccc(O)c(-c2ccc(OCc3ccccc3)cc2CC(C)O)c1. The van der Waals surface area contributed by atoms with Gasteiger partial charge >= 0.3 is 5.97 Å². The Hall–Kier alpha value is -3.31. The van der Waals surface area contributed by atoms with Crippen molar-refractivity contribution in [2.45, 2.75) is 26.1 Å². The highest BCUT2D eigenvalue weighted by atomic mass is 16.5. The van der Waals surface area contributed by atoms with Crippen LogP contribution in [0.5, 0.6) is 11.5 Å². The van der Waals surface area contributed by atoms with Gasteiger partial charge in [-0.3, -0.25) is 0 Å². The monoisotopic (exact) mass is 392 g/mol. The molecule has 0 aliphatic heterocycles. The fourth-order valence-corrected chi connectivity index (χ4v) is 3.15. The molecule has 0 bridgehead atoms. The van der Waals surface area contributed by atoms with Crippen molar-refractivity contribution in [3.63, 3.8) is 0 Å². The summed E-state index contributed by atoms with van der Waals surface area (Å²) in [4.78, 5) is 11.9. The van der Waals surface area contributed by atoms with Gasteiger partial charge in [0.25, 0.3) is 0 Å². The number of aliphatic hydroxyl groups excluding tert-OH is 1. The first-order valence-electron chi connectivity index (χ1n) is 9.37. The summed E-state index contributed by atoms with van der Waals surface area (Å²) in [5.41, 5.74) is 3.42. The summed E-state index contributed by atoms with van der Waals surface area (Å²) in [5.74, 6) is 0.227. The molecule has 150 valence electrons. The third kappa shape index (κ3) is 5.15. The molecule has 0 saturated carbocycles. The highest BCUT2D eigenvalue weighted by Crippen LogP contribution is 2.35. The van der Waals surface area contributed by atoms with E-state index in [-0.39, 0.29) is 5.75 Å². The van der Waals surface area contributed by atoms with Crippen LogP contribution in [0.3, 0.4) is 0 Å². The molecule has 0 radical (unpaired) electrons. The van der Waals surface area contributed by atoms with Crippen molar-refractivity contribution >= 4 is 5.97 Å². The van der Waals surface area contributed by atoms with Gasteiger partial charge in [0.2, 0.25) is 0 Å². The molecule has 1 atom stereocenters. The van der Waals surface area contributed by atoms with E-state index in [1.54, 1.807) is 13.0 Å². The summed E-state index contributed by atoms with van der Waals surface area (Å²) in [6.07, 6.45) is -0.205. The van der Waals surface area contributed by atoms with Gasteiger partial charge in [-0.1, -0.05) is 36.4 Å². The Labute approximate surface area is 170 Å². The number of hydrogen-bond acceptors (Lipinski definition) is 5. The number of phenols is 1. The third-order valence-corrected chi connectivity index (χ3v) is 4.55. The molecule has 1 unspecified atom stereocenters. The predicted molar refractivity (Wildman–Crippen MR) is 111 cm³/mol. The standard InChI is InChI=1S/C24H24O5/c1-16(25)12-19-13-20(29-15-17-6-4-3-5-7-17)9-10-21(19)22-14-18(24(27)28-2)8-11-23(22)26/h3-11,13-14,16,25-26H,12,15H2,1-2H3. The number of carbonyl (C=O) groups is 1. The summed E-state index contributed by atoms with van der Waals surface area (Å²) in [7, 11) is 1.31. The molecule has 2 N–H and O–H groups in total. The summed E-state index contributed by atoms with van der Waals surface area (Å²) < 4.78 is 10.7. The Morgan fingerprint density at radius 2 is 1.76 bits per heavy atom. The summed E-state index contributed by atoms with van der Waals surface area (Å²) in [5, 5.41) is 20.3. The summed E-state index contributed by atoms with van der Waals surface area (Å²) in [6, 6.07) is 19.9. The zero-order chi connectivity index (χ0) is 20.8. The molecular formula is C24H24O5. The van der Waals surface area contributed by atoms with E-state index in [4.69, 9.17) is 9.47 Å². The number of carbonyl (C=O) groups excluding carboxylic acids is 1. The Kier molecular flexibility index (Phi) is 6.52. The molecule has 0 heterocycles. The van der Waals surface area contributed by atoms with Gasteiger partial charge in [-0.15, -0.1) is 0 Å². The molecule has 0 amide bonds. The van der Waals surface area contributed by atoms with E-state index >= 15 is 0 Å². The van der Waals surface area contributed by atoms with Crippen LogP contribution in [0, 0.1) is 0 Å². The maximum atomic E-state index is 11.9. The van der Waals surface area contributed by atoms with Crippen LogP contribution in [-0.4, -0.2) is 29.4 Å². The number of rotatable bonds is 7. The topological polar surface area (TPSA) is 76.0 Å². The second kappa shape index (κ2) is 9.26. The van der Waals surface area contributed by atoms with E-state index in [0.29, 0.717) is 29.9 Å². The number of benzene rings is 3. The minimum atomic E-state index is -0.580. The lowest BCUT2D eigenvalue weighted by Crippen LogP contribution is -2.07. The van der Waals surface area contributed by atoms with Crippen LogP contribution in [-0.2, 0) is 17.8 Å². The van der Waals surface area contributed by atoms with Crippen LogP contribution >= 0.6 is 0 Å². The fraction of sp³-hybridized carbons (Fsp3) is 0.208. The molecule has 5 heteroatoms. The quantitative estimate of drug-likeness (QED) is 0.585. The Bertz CT molecular complexity index is 980. The van der Waals surface area contributed by atoms with E-state index < -0.39 is 12.1 Å². The van der Waals surface area contributed by atoms with Crippen LogP contribution in [0.2, 0.25) is 0 Å². The maximum Gasteiger partial charge on any atom is 0.337 e. The van der Waals surface area contributed by atoms with Crippen molar-refractivity contribution in [3.8, 4) is 22.6 Å². The molecule has 0 saturated heterocycles. The number of aromatic hydroxyl groups is 1. The zero-order valence-electron chi connectivity index (χ0n) is 16.5. The van der Waals surface area contributed by atoms with E-state index in [2.05, 4.69) is 0 Å². The van der Waals surface area contributed by atoms with Crippen LogP contribution in [0.15, 0.2) is 66.7 Å². The van der Waals surface area contributed by atoms with Crippen molar-refractivity contribution < 1.29 is 24.5 Å². The number of phenolic OH excluding ortho intramolecular Hbond substituents is 1. The molecular weight excluding hydrogens is 368 g/mol. The van der Waals surface area contributed by atoms with Crippen molar-refractivity contribution in [3.05, 3.63) is 83.4 Å². The Balaban J connectivity index is 1.95. The van der Waals surface area contributed by atoms with Crippen molar-refractivity contribution in [1.29, 1.82) is 0 Å². The van der Waals surface area contributed by atoms with E-state index in [1.807, 2.05) is 48.5 Å². The Morgan fingerprint density at radius 1 is 1.00 bits per heavy atom. The van der Waals surface area contributed by atoms with Crippen LogP contribution in [0.4, 0.5) is 0 Å². The molecule has 3 aromatic rings. The highest BCUT2D eigenvalue weighted by Gasteiger charge is 2.16. The molecule has 0 fully saturated rings. The molecule has 3 rings (SSSR count). The van der Waals surface area contributed by atoms with Gasteiger partial charge in [0.1, 0.15) is 18.1 Å². The zero-order valence-corrected chi connectivity index (χ0v) is 16.5. The first-order chi connectivity index (χ1) is 14.0. The summed E-state index contributed by atoms with van der Waals surface area (Å²) >= 11 is 0. The van der Waals surface area contributed by atoms with Gasteiger partial charge in [0, 0.05) is 5.56 Å². The van der Waals surface area contributed by atoms with E-state index in [1.165, 1.54) is 19.2 Å². The molecule has 0 aromatic heterocycles. The number of esters is 1. The van der Waals surface area contributed by atoms with Crippen molar-refractivity contribution in [2.24, 2.45) is 0 Å². The molecule has 0 aliphatic rings. The normalized spacial score (nSPS) is 11.7. The van der Waals surface area contributed by atoms with E-state index in [0.717, 1.165) is 16.7 Å². The lowest BCUT2D eigenvalue weighted by molar-refractivity contribution is 0.0600. The maximum absolute atomic E-state index is 11.9. The first-order valence-corrected chi connectivity index (χ1v) is 9.37. The second-order valence-corrected chi connectivity index (χ2v) is 6.87. The fourth-order valence-electron chi connectivity index (χ4n) is 3.15. The van der Waals surface area contributed by atoms with Crippen LogP contribution in [0.1, 0.15) is 28.4 Å². The van der Waals surface area contributed by atoms with Gasteiger partial charge in [0.05, 0.1) is 18.8 Å². The van der Waals surface area contributed by atoms with Gasteiger partial charge in [-0.2, -0.15) is 0 Å². The molecule has 5 nitrogen and oxygen atoms in total. The lowest BCUT2D eigenvalue weighted by atomic mass is 9.94. The lowest BCUT2D eigenvalue weighted by Gasteiger charge is -2.16. The molecule has 29 heavy (non-hydrogen) atoms. The Morgan fingerprint density at radius 3 is 2.45 bits per heavy atom. The van der Waals surface area contributed by atoms with Crippen molar-refractivity contribution in [2.75, 3.05) is 7.11 Å². The van der Waals surface area contributed by atoms with Gasteiger partial charge in [-0.05, 0) is 60.4 Å². The first kappa shape index (κ1) is 20.4. The van der Waals surface area contributed by atoms with Crippen LogP contribution in [0.25, 0.3) is 11.1 Å². The van der Waals surface area contributed by atoms with Crippen LogP contribution < -0.4 is 4.74 Å². The van der Waals surface area contributed by atoms with E-state index in [9.17, 15) is 15.0 Å². The number of hydrogen-bond donors (Lipinski definition) is 2. The minimum Gasteiger partial charge on any atom is -0.507 e. The average Bonchev–Trinajstić information content (AvgIpc) is 2.73. The van der Waals surface area contributed by atoms with Crippen molar-refractivity contribution in [1.82, 2.24) is 0 Å². The van der Waals surface area contributed by atoms with Gasteiger partial charge in [0.15, 0.2) is 0 Å². The number of methoxy groups -OCH3 is 1. The van der Waals surface area contributed by atoms with Gasteiger partial charge < -0.3 is 19.7 Å². The number of ether oxygens (including phenoxy) is 2. The average molecular weight is 392 g/mol. The molecule has 0 aliphatic carbocycles. The largest absolute Gasteiger partial charge is 0.507 e. The smallest absolute Gasteiger partial charge is 0.337 e. The second-order valence-electron chi connectivity index (χ2n) is 6.87. The minimum absolute atomic E-state index is 0.0439.